The largest absolute Gasteiger partial charge is 0.454 e. The topological polar surface area (TPSA) is 86.3 Å². The molecule has 0 unspecified atom stereocenters. The molecule has 0 aromatic heterocycles. The third-order valence-corrected chi connectivity index (χ3v) is 4.65. The normalized spacial score (nSPS) is 18.5. The Kier molecular flexibility index (Phi) is 4.79. The minimum absolute atomic E-state index is 0.0723. The summed E-state index contributed by atoms with van der Waals surface area (Å²) in [5, 5.41) is 0. The second kappa shape index (κ2) is 6.80. The van der Waals surface area contributed by atoms with E-state index in [0.717, 1.165) is 13.1 Å². The monoisotopic (exact) mass is 330 g/mol. The van der Waals surface area contributed by atoms with Gasteiger partial charge in [0, 0.05) is 25.7 Å². The van der Waals surface area contributed by atoms with Crippen LogP contribution in [0.3, 0.4) is 0 Å². The van der Waals surface area contributed by atoms with Crippen molar-refractivity contribution in [3.05, 3.63) is 18.2 Å². The van der Waals surface area contributed by atoms with Gasteiger partial charge in [0.05, 0.1) is 24.7 Å². The van der Waals surface area contributed by atoms with Crippen LogP contribution in [0.25, 0.3) is 0 Å². The minimum atomic E-state index is -3.74. The smallest absolute Gasteiger partial charge is 0.262 e. The van der Waals surface area contributed by atoms with Crippen LogP contribution in [0.2, 0.25) is 0 Å². The van der Waals surface area contributed by atoms with Crippen molar-refractivity contribution >= 4 is 10.0 Å². The number of nitrogens with one attached hydrogen (secondary N) is 1. The van der Waals surface area contributed by atoms with E-state index in [-0.39, 0.29) is 18.3 Å². The summed E-state index contributed by atoms with van der Waals surface area (Å²) in [7, 11) is -3.74. The molecule has 2 aliphatic rings. The van der Waals surface area contributed by atoms with Gasteiger partial charge in [0.15, 0.2) is 11.5 Å². The minimum Gasteiger partial charge on any atom is -0.454 e. The molecule has 2 aliphatic heterocycles. The van der Waals surface area contributed by atoms with Gasteiger partial charge in [-0.25, -0.2) is 8.42 Å². The van der Waals surface area contributed by atoms with Crippen LogP contribution in [0.4, 0.5) is 0 Å². The molecule has 122 valence electrons. The first-order chi connectivity index (χ1) is 10.6. The SMILES string of the molecule is O=S(=O)(NOCCN1CCOCC1)c1ccc2c(c1)OCO2. The first kappa shape index (κ1) is 15.5. The molecule has 0 aliphatic carbocycles. The van der Waals surface area contributed by atoms with Crippen molar-refractivity contribution in [3.8, 4) is 11.5 Å². The lowest BCUT2D eigenvalue weighted by Crippen LogP contribution is -2.39. The fourth-order valence-electron chi connectivity index (χ4n) is 2.21. The van der Waals surface area contributed by atoms with Crippen molar-refractivity contribution in [3.63, 3.8) is 0 Å². The van der Waals surface area contributed by atoms with Gasteiger partial charge in [0.2, 0.25) is 6.79 Å². The molecular weight excluding hydrogens is 312 g/mol. The predicted octanol–water partition coefficient (Wildman–Crippen LogP) is -0.0426. The highest BCUT2D eigenvalue weighted by Crippen LogP contribution is 2.33. The molecule has 0 atom stereocenters. The second-order valence-electron chi connectivity index (χ2n) is 4.90. The summed E-state index contributed by atoms with van der Waals surface area (Å²) in [5.74, 6) is 0.948. The van der Waals surface area contributed by atoms with Crippen molar-refractivity contribution in [2.24, 2.45) is 0 Å². The third-order valence-electron chi connectivity index (χ3n) is 3.44. The van der Waals surface area contributed by atoms with Crippen LogP contribution in [-0.2, 0) is 19.6 Å². The summed E-state index contributed by atoms with van der Waals surface area (Å²) in [6, 6.07) is 4.42. The van der Waals surface area contributed by atoms with E-state index in [2.05, 4.69) is 9.79 Å². The Morgan fingerprint density at radius 3 is 2.77 bits per heavy atom. The molecule has 0 radical (unpaired) electrons. The van der Waals surface area contributed by atoms with E-state index >= 15 is 0 Å². The van der Waals surface area contributed by atoms with E-state index in [4.69, 9.17) is 19.0 Å². The molecule has 1 aromatic rings. The number of ether oxygens (including phenoxy) is 3. The number of morpholine rings is 1. The zero-order chi connectivity index (χ0) is 15.4. The Morgan fingerprint density at radius 1 is 1.18 bits per heavy atom. The van der Waals surface area contributed by atoms with Crippen molar-refractivity contribution < 1.29 is 27.5 Å². The second-order valence-corrected chi connectivity index (χ2v) is 6.55. The average molecular weight is 330 g/mol. The van der Waals surface area contributed by atoms with Gasteiger partial charge in [-0.2, -0.15) is 0 Å². The molecule has 0 amide bonds. The van der Waals surface area contributed by atoms with Gasteiger partial charge in [-0.15, -0.1) is 0 Å². The fraction of sp³-hybridized carbons (Fsp3) is 0.538. The van der Waals surface area contributed by atoms with E-state index in [0.29, 0.717) is 31.3 Å². The summed E-state index contributed by atoms with van der Waals surface area (Å²) in [4.78, 5) is 9.43. The maximum Gasteiger partial charge on any atom is 0.262 e. The molecule has 3 rings (SSSR count). The maximum atomic E-state index is 12.1. The third kappa shape index (κ3) is 3.68. The average Bonchev–Trinajstić information content (AvgIpc) is 3.00. The summed E-state index contributed by atoms with van der Waals surface area (Å²) in [6.07, 6.45) is 0. The maximum absolute atomic E-state index is 12.1. The highest BCUT2D eigenvalue weighted by atomic mass is 32.2. The summed E-state index contributed by atoms with van der Waals surface area (Å²) >= 11 is 0. The van der Waals surface area contributed by atoms with Crippen LogP contribution >= 0.6 is 0 Å². The molecule has 0 bridgehead atoms. The molecule has 1 N–H and O–H groups in total. The molecule has 8 nitrogen and oxygen atoms in total. The highest BCUT2D eigenvalue weighted by Gasteiger charge is 2.20. The molecule has 0 spiro atoms. The van der Waals surface area contributed by atoms with E-state index in [9.17, 15) is 8.42 Å². The first-order valence-electron chi connectivity index (χ1n) is 6.98. The summed E-state index contributed by atoms with van der Waals surface area (Å²) in [5.41, 5.74) is 0. The molecule has 22 heavy (non-hydrogen) atoms. The van der Waals surface area contributed by atoms with E-state index in [1.54, 1.807) is 6.07 Å². The zero-order valence-corrected chi connectivity index (χ0v) is 12.8. The first-order valence-corrected chi connectivity index (χ1v) is 8.47. The standard InChI is InChI=1S/C13H18N2O6S/c16-22(17,11-1-2-12-13(9-11)20-10-19-12)14-21-8-5-15-3-6-18-7-4-15/h1-2,9,14H,3-8,10H2. The fourth-order valence-corrected chi connectivity index (χ4v) is 3.05. The van der Waals surface area contributed by atoms with Crippen LogP contribution in [0, 0.1) is 0 Å². The molecule has 1 fully saturated rings. The Balaban J connectivity index is 1.50. The van der Waals surface area contributed by atoms with Crippen molar-refractivity contribution in [2.45, 2.75) is 4.90 Å². The van der Waals surface area contributed by atoms with Gasteiger partial charge >= 0.3 is 0 Å². The van der Waals surface area contributed by atoms with Gasteiger partial charge in [0.25, 0.3) is 10.0 Å². The van der Waals surface area contributed by atoms with E-state index in [1.165, 1.54) is 12.1 Å². The number of sulfonamides is 1. The molecule has 1 aromatic carbocycles. The molecule has 1 saturated heterocycles. The van der Waals surface area contributed by atoms with Gasteiger partial charge in [-0.3, -0.25) is 9.74 Å². The quantitative estimate of drug-likeness (QED) is 0.578. The lowest BCUT2D eigenvalue weighted by Gasteiger charge is -2.26. The van der Waals surface area contributed by atoms with Gasteiger partial charge in [-0.05, 0) is 12.1 Å². The van der Waals surface area contributed by atoms with Crippen molar-refractivity contribution in [2.75, 3.05) is 46.2 Å². The van der Waals surface area contributed by atoms with E-state index < -0.39 is 10.0 Å². The molecule has 9 heteroatoms. The number of nitrogens with zero attached hydrogens (tertiary/aromatic N) is 1. The van der Waals surface area contributed by atoms with Crippen LogP contribution in [0.1, 0.15) is 0 Å². The number of benzene rings is 1. The summed E-state index contributed by atoms with van der Waals surface area (Å²) in [6.45, 7) is 4.07. The predicted molar refractivity (Wildman–Crippen MR) is 76.1 cm³/mol. The Labute approximate surface area is 128 Å². The number of hydrogen-bond acceptors (Lipinski definition) is 7. The Morgan fingerprint density at radius 2 is 1.95 bits per heavy atom. The lowest BCUT2D eigenvalue weighted by atomic mass is 10.3. The zero-order valence-electron chi connectivity index (χ0n) is 12.0. The van der Waals surface area contributed by atoms with Crippen LogP contribution < -0.4 is 14.4 Å². The lowest BCUT2D eigenvalue weighted by molar-refractivity contribution is 0.0125. The van der Waals surface area contributed by atoms with Crippen LogP contribution in [0.5, 0.6) is 11.5 Å². The Bertz CT molecular complexity index is 615. The van der Waals surface area contributed by atoms with Gasteiger partial charge in [0.1, 0.15) is 0 Å². The molecule has 0 saturated carbocycles. The van der Waals surface area contributed by atoms with Crippen molar-refractivity contribution in [1.82, 2.24) is 9.79 Å². The highest BCUT2D eigenvalue weighted by molar-refractivity contribution is 7.89. The molecular formula is C13H18N2O6S. The number of rotatable bonds is 6. The number of fused-ring (bicyclic) bond motifs is 1. The van der Waals surface area contributed by atoms with Crippen LogP contribution in [0.15, 0.2) is 23.1 Å². The summed E-state index contributed by atoms with van der Waals surface area (Å²) < 4.78 is 39.8. The van der Waals surface area contributed by atoms with Crippen LogP contribution in [-0.4, -0.2) is 59.6 Å². The Hall–Kier alpha value is -1.39. The van der Waals surface area contributed by atoms with Gasteiger partial charge < -0.3 is 14.2 Å². The molecule has 2 heterocycles. The van der Waals surface area contributed by atoms with Gasteiger partial charge in [-0.1, -0.05) is 4.89 Å². The number of hydrogen-bond donors (Lipinski definition) is 1. The van der Waals surface area contributed by atoms with E-state index in [1.807, 2.05) is 0 Å². The van der Waals surface area contributed by atoms with Crippen molar-refractivity contribution in [1.29, 1.82) is 0 Å².